The zero-order valence-electron chi connectivity index (χ0n) is 12.0. The van der Waals surface area contributed by atoms with Crippen molar-refractivity contribution >= 4 is 9.84 Å². The molecule has 1 aliphatic rings. The van der Waals surface area contributed by atoms with Crippen molar-refractivity contribution in [2.75, 3.05) is 12.8 Å². The van der Waals surface area contributed by atoms with Crippen molar-refractivity contribution < 1.29 is 13.5 Å². The molecule has 1 aromatic rings. The molecule has 1 saturated carbocycles. The second-order valence-electron chi connectivity index (χ2n) is 5.69. The highest BCUT2D eigenvalue weighted by atomic mass is 32.2. The summed E-state index contributed by atoms with van der Waals surface area (Å²) in [5, 5.41) is 13.2. The first-order valence-electron chi connectivity index (χ1n) is 7.05. The van der Waals surface area contributed by atoms with Crippen molar-refractivity contribution in [1.29, 1.82) is 0 Å². The van der Waals surface area contributed by atoms with Crippen LogP contribution < -0.4 is 5.32 Å². The summed E-state index contributed by atoms with van der Waals surface area (Å²) in [5.74, 6) is 0. The number of aliphatic hydroxyl groups is 1. The fourth-order valence-corrected chi connectivity index (χ4v) is 4.43. The first kappa shape index (κ1) is 15.5. The third-order valence-electron chi connectivity index (χ3n) is 4.12. The maximum absolute atomic E-state index is 11.7. The molecular formula is C15H23NO3S. The molecule has 3 atom stereocenters. The SMILES string of the molecule is Cc1ccccc1C(O)CNC1CCCC1S(C)(=O)=O. The molecule has 3 unspecified atom stereocenters. The number of sulfone groups is 1. The third-order valence-corrected chi connectivity index (χ3v) is 5.79. The predicted octanol–water partition coefficient (Wildman–Crippen LogP) is 1.58. The minimum Gasteiger partial charge on any atom is -0.387 e. The first-order chi connectivity index (χ1) is 9.39. The Bertz CT molecular complexity index is 556. The highest BCUT2D eigenvalue weighted by Gasteiger charge is 2.34. The van der Waals surface area contributed by atoms with E-state index in [1.807, 2.05) is 31.2 Å². The molecule has 112 valence electrons. The van der Waals surface area contributed by atoms with Gasteiger partial charge in [-0.15, -0.1) is 0 Å². The van der Waals surface area contributed by atoms with Gasteiger partial charge in [0.1, 0.15) is 0 Å². The lowest BCUT2D eigenvalue weighted by atomic mass is 10.0. The summed E-state index contributed by atoms with van der Waals surface area (Å²) < 4.78 is 23.4. The minimum absolute atomic E-state index is 0.0383. The topological polar surface area (TPSA) is 66.4 Å². The fourth-order valence-electron chi connectivity index (χ4n) is 3.01. The molecule has 1 aliphatic carbocycles. The van der Waals surface area contributed by atoms with Crippen LogP contribution in [0.25, 0.3) is 0 Å². The molecule has 0 radical (unpaired) electrons. The van der Waals surface area contributed by atoms with E-state index >= 15 is 0 Å². The van der Waals surface area contributed by atoms with Gasteiger partial charge in [-0.3, -0.25) is 0 Å². The highest BCUT2D eigenvalue weighted by molar-refractivity contribution is 7.91. The molecule has 0 spiro atoms. The summed E-state index contributed by atoms with van der Waals surface area (Å²) in [5.41, 5.74) is 1.95. The van der Waals surface area contributed by atoms with Gasteiger partial charge in [0.15, 0.2) is 9.84 Å². The number of benzene rings is 1. The Morgan fingerprint density at radius 1 is 1.35 bits per heavy atom. The fraction of sp³-hybridized carbons (Fsp3) is 0.600. The van der Waals surface area contributed by atoms with E-state index in [0.717, 1.165) is 30.4 Å². The normalized spacial score (nSPS) is 24.8. The zero-order chi connectivity index (χ0) is 14.8. The standard InChI is InChI=1S/C15H23NO3S/c1-11-6-3-4-7-12(11)14(17)10-16-13-8-5-9-15(13)20(2,18)19/h3-4,6-7,13-17H,5,8-10H2,1-2H3. The van der Waals surface area contributed by atoms with Crippen LogP contribution in [0.4, 0.5) is 0 Å². The van der Waals surface area contributed by atoms with Crippen LogP contribution in [-0.4, -0.2) is 37.6 Å². The minimum atomic E-state index is -3.02. The van der Waals surface area contributed by atoms with Gasteiger partial charge in [-0.1, -0.05) is 30.7 Å². The summed E-state index contributed by atoms with van der Waals surface area (Å²) in [7, 11) is -3.02. The van der Waals surface area contributed by atoms with Gasteiger partial charge in [0.2, 0.25) is 0 Å². The van der Waals surface area contributed by atoms with Crippen LogP contribution in [-0.2, 0) is 9.84 Å². The number of rotatable bonds is 5. The van der Waals surface area contributed by atoms with E-state index in [-0.39, 0.29) is 11.3 Å². The van der Waals surface area contributed by atoms with Crippen LogP contribution in [0.15, 0.2) is 24.3 Å². The van der Waals surface area contributed by atoms with Crippen LogP contribution in [0.2, 0.25) is 0 Å². The third kappa shape index (κ3) is 3.59. The van der Waals surface area contributed by atoms with Crippen LogP contribution in [0.5, 0.6) is 0 Å². The molecule has 4 nitrogen and oxygen atoms in total. The van der Waals surface area contributed by atoms with Crippen molar-refractivity contribution in [3.05, 3.63) is 35.4 Å². The molecule has 2 N–H and O–H groups in total. The van der Waals surface area contributed by atoms with Crippen LogP contribution in [0.3, 0.4) is 0 Å². The van der Waals surface area contributed by atoms with Crippen molar-refractivity contribution in [1.82, 2.24) is 5.32 Å². The van der Waals surface area contributed by atoms with E-state index in [9.17, 15) is 13.5 Å². The van der Waals surface area contributed by atoms with E-state index < -0.39 is 15.9 Å². The summed E-state index contributed by atoms with van der Waals surface area (Å²) in [6.07, 6.45) is 3.21. The van der Waals surface area contributed by atoms with Gasteiger partial charge < -0.3 is 10.4 Å². The maximum Gasteiger partial charge on any atom is 0.151 e. The van der Waals surface area contributed by atoms with Crippen LogP contribution in [0, 0.1) is 6.92 Å². The van der Waals surface area contributed by atoms with Crippen LogP contribution in [0.1, 0.15) is 36.5 Å². The van der Waals surface area contributed by atoms with Gasteiger partial charge in [-0.25, -0.2) is 8.42 Å². The molecular weight excluding hydrogens is 274 g/mol. The second-order valence-corrected chi connectivity index (χ2v) is 7.95. The number of nitrogens with one attached hydrogen (secondary N) is 1. The van der Waals surface area contributed by atoms with Gasteiger partial charge in [0.05, 0.1) is 11.4 Å². The van der Waals surface area contributed by atoms with Gasteiger partial charge in [0, 0.05) is 18.8 Å². The molecule has 0 aromatic heterocycles. The number of hydrogen-bond acceptors (Lipinski definition) is 4. The van der Waals surface area contributed by atoms with Crippen molar-refractivity contribution in [2.24, 2.45) is 0 Å². The van der Waals surface area contributed by atoms with E-state index in [1.165, 1.54) is 6.26 Å². The molecule has 0 saturated heterocycles. The average Bonchev–Trinajstić information content (AvgIpc) is 2.84. The lowest BCUT2D eigenvalue weighted by molar-refractivity contribution is 0.169. The lowest BCUT2D eigenvalue weighted by Crippen LogP contribution is -2.41. The summed E-state index contributed by atoms with van der Waals surface area (Å²) >= 11 is 0. The monoisotopic (exact) mass is 297 g/mol. The Balaban J connectivity index is 1.97. The summed E-state index contributed by atoms with van der Waals surface area (Å²) in [4.78, 5) is 0. The van der Waals surface area contributed by atoms with Gasteiger partial charge in [-0.05, 0) is 30.9 Å². The molecule has 0 amide bonds. The van der Waals surface area contributed by atoms with E-state index in [4.69, 9.17) is 0 Å². The molecule has 0 heterocycles. The predicted molar refractivity (Wildman–Crippen MR) is 80.4 cm³/mol. The lowest BCUT2D eigenvalue weighted by Gasteiger charge is -2.22. The first-order valence-corrected chi connectivity index (χ1v) is 9.01. The molecule has 1 aromatic carbocycles. The Labute approximate surface area is 121 Å². The Morgan fingerprint density at radius 2 is 2.05 bits per heavy atom. The van der Waals surface area contributed by atoms with Crippen LogP contribution >= 0.6 is 0 Å². The Morgan fingerprint density at radius 3 is 2.70 bits per heavy atom. The second kappa shape index (κ2) is 6.24. The van der Waals surface area contributed by atoms with E-state index in [0.29, 0.717) is 6.54 Å². The van der Waals surface area contributed by atoms with E-state index in [2.05, 4.69) is 5.32 Å². The van der Waals surface area contributed by atoms with Gasteiger partial charge in [-0.2, -0.15) is 0 Å². The van der Waals surface area contributed by atoms with Crippen molar-refractivity contribution in [2.45, 2.75) is 43.6 Å². The molecule has 5 heteroatoms. The van der Waals surface area contributed by atoms with Gasteiger partial charge >= 0.3 is 0 Å². The Kier molecular flexibility index (Phi) is 4.83. The summed E-state index contributed by atoms with van der Waals surface area (Å²) in [6, 6.07) is 7.68. The Hall–Kier alpha value is -0.910. The number of hydrogen-bond donors (Lipinski definition) is 2. The average molecular weight is 297 g/mol. The number of aliphatic hydroxyl groups excluding tert-OH is 1. The molecule has 20 heavy (non-hydrogen) atoms. The quantitative estimate of drug-likeness (QED) is 0.866. The zero-order valence-corrected chi connectivity index (χ0v) is 12.9. The maximum atomic E-state index is 11.7. The van der Waals surface area contributed by atoms with Crippen molar-refractivity contribution in [3.8, 4) is 0 Å². The van der Waals surface area contributed by atoms with Gasteiger partial charge in [0.25, 0.3) is 0 Å². The highest BCUT2D eigenvalue weighted by Crippen LogP contribution is 2.26. The van der Waals surface area contributed by atoms with E-state index in [1.54, 1.807) is 0 Å². The molecule has 2 rings (SSSR count). The molecule has 0 bridgehead atoms. The summed E-state index contributed by atoms with van der Waals surface area (Å²) in [6.45, 7) is 2.36. The smallest absolute Gasteiger partial charge is 0.151 e. The molecule has 0 aliphatic heterocycles. The molecule has 1 fully saturated rings. The number of aryl methyl sites for hydroxylation is 1. The van der Waals surface area contributed by atoms with Crippen molar-refractivity contribution in [3.63, 3.8) is 0 Å². The largest absolute Gasteiger partial charge is 0.387 e.